The summed E-state index contributed by atoms with van der Waals surface area (Å²) < 4.78 is 0.384. The molecule has 0 aliphatic carbocycles. The Morgan fingerprint density at radius 1 is 1.12 bits per heavy atom. The van der Waals surface area contributed by atoms with Crippen LogP contribution in [0, 0.1) is 0 Å². The molecule has 0 bridgehead atoms. The molecule has 1 heterocycles. The number of amides is 1. The predicted molar refractivity (Wildman–Crippen MR) is 102 cm³/mol. The average molecular weight is 371 g/mol. The smallest absolute Gasteiger partial charge is 0.270 e. The van der Waals surface area contributed by atoms with Gasteiger partial charge in [-0.1, -0.05) is 30.0 Å². The molecular weight excluding hydrogens is 358 g/mol. The molecule has 1 aliphatic rings. The third-order valence-electron chi connectivity index (χ3n) is 3.62. The lowest BCUT2D eigenvalue weighted by molar-refractivity contribution is -0.113. The molecule has 0 saturated carbocycles. The molecule has 7 heteroatoms. The molecule has 0 radical (unpaired) electrons. The lowest BCUT2D eigenvalue weighted by Gasteiger charge is -2.14. The molecule has 0 atom stereocenters. The van der Waals surface area contributed by atoms with Gasteiger partial charge in [0.25, 0.3) is 5.91 Å². The van der Waals surface area contributed by atoms with Crippen molar-refractivity contribution in [1.82, 2.24) is 0 Å². The fraction of sp³-hybridized carbons (Fsp3) is 0.0556. The Hall–Kier alpha value is -2.64. The normalized spacial score (nSPS) is 15.9. The van der Waals surface area contributed by atoms with Crippen LogP contribution >= 0.6 is 24.0 Å². The van der Waals surface area contributed by atoms with E-state index in [1.807, 2.05) is 0 Å². The second-order valence-electron chi connectivity index (χ2n) is 5.37. The SMILES string of the molecule is CC(=O)c1ccc(N2C(=O)C(=Cc3ccc(O)c(O)c3)SC2=S)cc1. The Kier molecular flexibility index (Phi) is 4.61. The number of carbonyl (C=O) groups excluding carboxylic acids is 2. The highest BCUT2D eigenvalue weighted by molar-refractivity contribution is 8.27. The molecule has 0 spiro atoms. The average Bonchev–Trinajstić information content (AvgIpc) is 2.85. The molecule has 2 aromatic rings. The van der Waals surface area contributed by atoms with E-state index in [-0.39, 0.29) is 23.2 Å². The van der Waals surface area contributed by atoms with Crippen LogP contribution in [0.25, 0.3) is 6.08 Å². The number of anilines is 1. The highest BCUT2D eigenvalue weighted by Crippen LogP contribution is 2.37. The van der Waals surface area contributed by atoms with Gasteiger partial charge in [0, 0.05) is 5.56 Å². The van der Waals surface area contributed by atoms with Crippen molar-refractivity contribution in [2.24, 2.45) is 0 Å². The van der Waals surface area contributed by atoms with Gasteiger partial charge in [0.1, 0.15) is 0 Å². The zero-order valence-corrected chi connectivity index (χ0v) is 14.7. The lowest BCUT2D eigenvalue weighted by atomic mass is 10.1. The van der Waals surface area contributed by atoms with E-state index < -0.39 is 0 Å². The Morgan fingerprint density at radius 2 is 1.80 bits per heavy atom. The standard InChI is InChI=1S/C18H13NO4S2/c1-10(20)12-3-5-13(6-4-12)19-17(23)16(25-18(19)24)9-11-2-7-14(21)15(22)8-11/h2-9,21-22H,1H3. The van der Waals surface area contributed by atoms with Crippen molar-refractivity contribution in [2.75, 3.05) is 4.90 Å². The van der Waals surface area contributed by atoms with Crippen LogP contribution in [-0.4, -0.2) is 26.2 Å². The first-order chi connectivity index (χ1) is 11.9. The van der Waals surface area contributed by atoms with E-state index in [1.54, 1.807) is 36.4 Å². The summed E-state index contributed by atoms with van der Waals surface area (Å²) in [5.74, 6) is -0.818. The van der Waals surface area contributed by atoms with E-state index in [9.17, 15) is 19.8 Å². The predicted octanol–water partition coefficient (Wildman–Crippen LogP) is 3.71. The number of Topliss-reactive ketones (excluding diaryl/α,β-unsaturated/α-hetero) is 1. The van der Waals surface area contributed by atoms with Gasteiger partial charge in [-0.15, -0.1) is 0 Å². The van der Waals surface area contributed by atoms with Crippen LogP contribution in [-0.2, 0) is 4.79 Å². The molecule has 5 nitrogen and oxygen atoms in total. The first-order valence-corrected chi connectivity index (χ1v) is 8.50. The minimum atomic E-state index is -0.280. The van der Waals surface area contributed by atoms with Crippen LogP contribution in [0.1, 0.15) is 22.8 Å². The summed E-state index contributed by atoms with van der Waals surface area (Å²) in [6, 6.07) is 11.0. The molecule has 1 aliphatic heterocycles. The van der Waals surface area contributed by atoms with Gasteiger partial charge in [-0.25, -0.2) is 0 Å². The summed E-state index contributed by atoms with van der Waals surface area (Å²) in [5, 5.41) is 18.9. The van der Waals surface area contributed by atoms with Crippen LogP contribution in [0.15, 0.2) is 47.4 Å². The van der Waals surface area contributed by atoms with Gasteiger partial charge in [0.15, 0.2) is 21.6 Å². The van der Waals surface area contributed by atoms with E-state index in [0.29, 0.717) is 26.0 Å². The van der Waals surface area contributed by atoms with Crippen molar-refractivity contribution in [1.29, 1.82) is 0 Å². The fourth-order valence-corrected chi connectivity index (χ4v) is 3.62. The molecule has 1 amide bonds. The Balaban J connectivity index is 1.90. The molecule has 25 heavy (non-hydrogen) atoms. The van der Waals surface area contributed by atoms with Gasteiger partial charge in [0.05, 0.1) is 10.6 Å². The molecule has 1 saturated heterocycles. The van der Waals surface area contributed by atoms with Crippen molar-refractivity contribution in [3.8, 4) is 11.5 Å². The van der Waals surface area contributed by atoms with Crippen LogP contribution < -0.4 is 4.90 Å². The van der Waals surface area contributed by atoms with E-state index in [1.165, 1.54) is 24.0 Å². The van der Waals surface area contributed by atoms with Crippen molar-refractivity contribution in [2.45, 2.75) is 6.92 Å². The molecule has 0 aromatic heterocycles. The highest BCUT2D eigenvalue weighted by atomic mass is 32.2. The summed E-state index contributed by atoms with van der Waals surface area (Å²) in [6.07, 6.45) is 1.60. The van der Waals surface area contributed by atoms with Crippen molar-refractivity contribution in [3.05, 3.63) is 58.5 Å². The summed E-state index contributed by atoms with van der Waals surface area (Å²) >= 11 is 6.44. The number of nitrogens with zero attached hydrogens (tertiary/aromatic N) is 1. The number of hydrogen-bond acceptors (Lipinski definition) is 6. The van der Waals surface area contributed by atoms with E-state index in [0.717, 1.165) is 11.8 Å². The number of phenolic OH excluding ortho intramolecular Hbond substituents is 2. The summed E-state index contributed by atoms with van der Waals surface area (Å²) in [7, 11) is 0. The van der Waals surface area contributed by atoms with Crippen molar-refractivity contribution >= 4 is 51.8 Å². The number of benzene rings is 2. The van der Waals surface area contributed by atoms with E-state index in [2.05, 4.69) is 0 Å². The Morgan fingerprint density at radius 3 is 2.40 bits per heavy atom. The number of thiocarbonyl (C=S) groups is 1. The first kappa shape index (κ1) is 17.2. The third-order valence-corrected chi connectivity index (χ3v) is 4.93. The van der Waals surface area contributed by atoms with Crippen LogP contribution in [0.4, 0.5) is 5.69 Å². The molecule has 0 unspecified atom stereocenters. The maximum Gasteiger partial charge on any atom is 0.270 e. The van der Waals surface area contributed by atoms with Gasteiger partial charge in [0.2, 0.25) is 0 Å². The molecule has 1 fully saturated rings. The van der Waals surface area contributed by atoms with Crippen LogP contribution in [0.3, 0.4) is 0 Å². The molecule has 3 rings (SSSR count). The number of hydrogen-bond donors (Lipinski definition) is 2. The Labute approximate surface area is 153 Å². The second-order valence-corrected chi connectivity index (χ2v) is 7.04. The van der Waals surface area contributed by atoms with Crippen LogP contribution in [0.2, 0.25) is 0 Å². The van der Waals surface area contributed by atoms with Crippen LogP contribution in [0.5, 0.6) is 11.5 Å². The third kappa shape index (κ3) is 3.42. The first-order valence-electron chi connectivity index (χ1n) is 7.28. The quantitative estimate of drug-likeness (QED) is 0.371. The monoisotopic (exact) mass is 371 g/mol. The summed E-state index contributed by atoms with van der Waals surface area (Å²) in [4.78, 5) is 25.8. The van der Waals surface area contributed by atoms with Gasteiger partial charge in [-0.05, 0) is 55.0 Å². The number of phenols is 2. The van der Waals surface area contributed by atoms with Gasteiger partial charge < -0.3 is 10.2 Å². The van der Waals surface area contributed by atoms with E-state index >= 15 is 0 Å². The molecular formula is C18H13NO4S2. The molecule has 2 aromatic carbocycles. The number of ketones is 1. The minimum Gasteiger partial charge on any atom is -0.504 e. The fourth-order valence-electron chi connectivity index (χ4n) is 2.32. The van der Waals surface area contributed by atoms with Gasteiger partial charge >= 0.3 is 0 Å². The molecule has 2 N–H and O–H groups in total. The zero-order chi connectivity index (χ0) is 18.1. The highest BCUT2D eigenvalue weighted by Gasteiger charge is 2.33. The maximum atomic E-state index is 12.7. The van der Waals surface area contributed by atoms with Gasteiger partial charge in [-0.2, -0.15) is 0 Å². The summed E-state index contributed by atoms with van der Waals surface area (Å²) in [6.45, 7) is 1.48. The maximum absolute atomic E-state index is 12.7. The van der Waals surface area contributed by atoms with E-state index in [4.69, 9.17) is 12.2 Å². The molecule has 126 valence electrons. The largest absolute Gasteiger partial charge is 0.504 e. The number of aromatic hydroxyl groups is 2. The Bertz CT molecular complexity index is 919. The lowest BCUT2D eigenvalue weighted by Crippen LogP contribution is -2.27. The van der Waals surface area contributed by atoms with Gasteiger partial charge in [-0.3, -0.25) is 14.5 Å². The van der Waals surface area contributed by atoms with Crippen molar-refractivity contribution < 1.29 is 19.8 Å². The van der Waals surface area contributed by atoms with Crippen molar-refractivity contribution in [3.63, 3.8) is 0 Å². The zero-order valence-electron chi connectivity index (χ0n) is 13.1. The number of carbonyl (C=O) groups is 2. The number of rotatable bonds is 3. The second kappa shape index (κ2) is 6.70. The minimum absolute atomic E-state index is 0.0519. The summed E-state index contributed by atoms with van der Waals surface area (Å²) in [5.41, 5.74) is 1.72. The number of thioether (sulfide) groups is 1. The topological polar surface area (TPSA) is 77.8 Å².